The van der Waals surface area contributed by atoms with Crippen LogP contribution in [0.5, 0.6) is 0 Å². The minimum Gasteiger partial charge on any atom is -0.330 e. The molecule has 2 aliphatic rings. The van der Waals surface area contributed by atoms with E-state index < -0.39 is 0 Å². The van der Waals surface area contributed by atoms with Crippen LogP contribution < -0.4 is 9.80 Å². The first kappa shape index (κ1) is 20.8. The summed E-state index contributed by atoms with van der Waals surface area (Å²) < 4.78 is 14.4. The highest BCUT2D eigenvalue weighted by Crippen LogP contribution is 2.34. The highest BCUT2D eigenvalue weighted by Gasteiger charge is 2.32. The van der Waals surface area contributed by atoms with Gasteiger partial charge in [-0.2, -0.15) is 0 Å². The number of benzene rings is 2. The molecule has 1 aromatic heterocycles. The molecule has 0 unspecified atom stereocenters. The van der Waals surface area contributed by atoms with Crippen LogP contribution in [-0.4, -0.2) is 41.9 Å². The Hall–Kier alpha value is -3.12. The minimum atomic E-state index is -0.253. The lowest BCUT2D eigenvalue weighted by molar-refractivity contribution is -0.914. The van der Waals surface area contributed by atoms with Gasteiger partial charge < -0.3 is 9.80 Å². The van der Waals surface area contributed by atoms with Crippen molar-refractivity contribution in [2.24, 2.45) is 0 Å². The van der Waals surface area contributed by atoms with Crippen LogP contribution in [0.15, 0.2) is 54.6 Å². The number of carbonyl (C=O) groups is 1. The van der Waals surface area contributed by atoms with E-state index in [1.54, 1.807) is 17.0 Å². The third-order valence-corrected chi connectivity index (χ3v) is 6.70. The zero-order chi connectivity index (χ0) is 22.1. The number of Topliss-reactive ketones (excluding diaryl/α,β-unsaturated/α-hetero) is 1. The first-order chi connectivity index (χ1) is 15.6. The molecule has 5 nitrogen and oxygen atoms in total. The van der Waals surface area contributed by atoms with Crippen molar-refractivity contribution in [3.8, 4) is 0 Å². The Morgan fingerprint density at radius 2 is 1.72 bits per heavy atom. The van der Waals surface area contributed by atoms with Crippen LogP contribution in [0.4, 0.5) is 10.3 Å². The SMILES string of the molecule is Cc1nc(N2CC[NH+](Cc3ccccc3)CC2)nc2c1C(=O)C[C@@H](c1ccccc1F)C2. The monoisotopic (exact) mass is 431 g/mol. The van der Waals surface area contributed by atoms with Gasteiger partial charge in [0.05, 0.1) is 43.1 Å². The number of rotatable bonds is 4. The summed E-state index contributed by atoms with van der Waals surface area (Å²) in [7, 11) is 0. The fourth-order valence-corrected chi connectivity index (χ4v) is 5.01. The fraction of sp³-hybridized carbons (Fsp3) is 0.346. The Bertz CT molecular complexity index is 1130. The number of nitrogens with one attached hydrogen (secondary N) is 1. The van der Waals surface area contributed by atoms with E-state index in [1.165, 1.54) is 11.6 Å². The van der Waals surface area contributed by atoms with E-state index in [0.717, 1.165) is 44.1 Å². The van der Waals surface area contributed by atoms with Crippen molar-refractivity contribution in [1.29, 1.82) is 0 Å². The number of ketones is 1. The number of hydrogen-bond acceptors (Lipinski definition) is 4. The van der Waals surface area contributed by atoms with Gasteiger partial charge in [0.15, 0.2) is 5.78 Å². The van der Waals surface area contributed by atoms with Crippen LogP contribution in [0.3, 0.4) is 0 Å². The normalized spacial score (nSPS) is 19.1. The molecule has 5 rings (SSSR count). The summed E-state index contributed by atoms with van der Waals surface area (Å²) in [5, 5.41) is 0. The number of nitrogens with zero attached hydrogens (tertiary/aromatic N) is 3. The Balaban J connectivity index is 1.33. The van der Waals surface area contributed by atoms with Gasteiger partial charge in [-0.15, -0.1) is 0 Å². The molecule has 0 amide bonds. The predicted molar refractivity (Wildman–Crippen MR) is 122 cm³/mol. The highest BCUT2D eigenvalue weighted by molar-refractivity contribution is 5.99. The van der Waals surface area contributed by atoms with Gasteiger partial charge in [-0.3, -0.25) is 4.79 Å². The number of aryl methyl sites for hydroxylation is 1. The molecule has 2 aromatic carbocycles. The van der Waals surface area contributed by atoms with Gasteiger partial charge in [-0.1, -0.05) is 48.5 Å². The van der Waals surface area contributed by atoms with Crippen molar-refractivity contribution in [1.82, 2.24) is 9.97 Å². The van der Waals surface area contributed by atoms with Crippen molar-refractivity contribution in [2.75, 3.05) is 31.1 Å². The van der Waals surface area contributed by atoms with Crippen LogP contribution in [0.25, 0.3) is 0 Å². The second kappa shape index (κ2) is 8.79. The smallest absolute Gasteiger partial charge is 0.226 e. The molecule has 0 saturated carbocycles. The van der Waals surface area contributed by atoms with E-state index in [9.17, 15) is 9.18 Å². The molecule has 2 heterocycles. The van der Waals surface area contributed by atoms with Gasteiger partial charge in [0.1, 0.15) is 12.4 Å². The van der Waals surface area contributed by atoms with E-state index in [0.29, 0.717) is 29.9 Å². The van der Waals surface area contributed by atoms with Crippen molar-refractivity contribution in [3.63, 3.8) is 0 Å². The molecule has 0 spiro atoms. The first-order valence-corrected chi connectivity index (χ1v) is 11.4. The molecule has 1 aliphatic carbocycles. The van der Waals surface area contributed by atoms with Crippen molar-refractivity contribution in [3.05, 3.63) is 88.5 Å². The van der Waals surface area contributed by atoms with Gasteiger partial charge in [-0.05, 0) is 30.9 Å². The molecule has 1 N–H and O–H groups in total. The molecule has 1 saturated heterocycles. The first-order valence-electron chi connectivity index (χ1n) is 11.4. The largest absolute Gasteiger partial charge is 0.330 e. The standard InChI is InChI=1S/C26H27FN4O/c1-18-25-23(15-20(16-24(25)32)21-9-5-6-10-22(21)27)29-26(28-18)31-13-11-30(12-14-31)17-19-7-3-2-4-8-19/h2-10,20H,11-17H2,1H3/p+1/t20-/m0/s1. The third-order valence-electron chi connectivity index (χ3n) is 6.70. The molecule has 164 valence electrons. The molecular formula is C26H28FN4O+. The number of carbonyl (C=O) groups excluding carboxylic acids is 1. The van der Waals surface area contributed by atoms with Crippen LogP contribution in [-0.2, 0) is 13.0 Å². The zero-order valence-electron chi connectivity index (χ0n) is 18.4. The Morgan fingerprint density at radius 1 is 1.00 bits per heavy atom. The number of aromatic nitrogens is 2. The number of quaternary nitrogens is 1. The Morgan fingerprint density at radius 3 is 2.47 bits per heavy atom. The summed E-state index contributed by atoms with van der Waals surface area (Å²) in [4.78, 5) is 26.2. The van der Waals surface area contributed by atoms with Gasteiger partial charge in [0.25, 0.3) is 0 Å². The molecule has 0 radical (unpaired) electrons. The van der Waals surface area contributed by atoms with Crippen LogP contribution in [0.2, 0.25) is 0 Å². The maximum absolute atomic E-state index is 14.4. The summed E-state index contributed by atoms with van der Waals surface area (Å²) in [5.74, 6) is 0.283. The summed E-state index contributed by atoms with van der Waals surface area (Å²) in [6.07, 6.45) is 0.872. The second-order valence-corrected chi connectivity index (χ2v) is 8.88. The maximum atomic E-state index is 14.4. The number of anilines is 1. The van der Waals surface area contributed by atoms with Crippen molar-refractivity contribution >= 4 is 11.7 Å². The molecule has 1 atom stereocenters. The van der Waals surface area contributed by atoms with E-state index in [4.69, 9.17) is 9.97 Å². The average molecular weight is 432 g/mol. The number of fused-ring (bicyclic) bond motifs is 1. The van der Waals surface area contributed by atoms with E-state index >= 15 is 0 Å². The lowest BCUT2D eigenvalue weighted by Crippen LogP contribution is -3.13. The number of piperazine rings is 1. The van der Waals surface area contributed by atoms with Crippen LogP contribution >= 0.6 is 0 Å². The minimum absolute atomic E-state index is 0.0145. The Kier molecular flexibility index (Phi) is 5.70. The molecule has 6 heteroatoms. The molecule has 3 aromatic rings. The van der Waals surface area contributed by atoms with Crippen LogP contribution in [0.1, 0.15) is 45.2 Å². The fourth-order valence-electron chi connectivity index (χ4n) is 5.01. The zero-order valence-corrected chi connectivity index (χ0v) is 18.4. The lowest BCUT2D eigenvalue weighted by atomic mass is 9.81. The quantitative estimate of drug-likeness (QED) is 0.690. The summed E-state index contributed by atoms with van der Waals surface area (Å²) >= 11 is 0. The summed E-state index contributed by atoms with van der Waals surface area (Å²) in [5.41, 5.74) is 4.09. The Labute approximate surface area is 187 Å². The maximum Gasteiger partial charge on any atom is 0.226 e. The molecule has 1 aliphatic heterocycles. The lowest BCUT2D eigenvalue weighted by Gasteiger charge is -2.33. The van der Waals surface area contributed by atoms with E-state index in [2.05, 4.69) is 29.2 Å². The van der Waals surface area contributed by atoms with E-state index in [1.807, 2.05) is 19.1 Å². The van der Waals surface area contributed by atoms with Gasteiger partial charge in [-0.25, -0.2) is 14.4 Å². The second-order valence-electron chi connectivity index (χ2n) is 8.88. The average Bonchev–Trinajstić information content (AvgIpc) is 2.80. The topological polar surface area (TPSA) is 50.5 Å². The number of halogens is 1. The summed E-state index contributed by atoms with van der Waals surface area (Å²) in [6, 6.07) is 17.3. The van der Waals surface area contributed by atoms with Gasteiger partial charge in [0, 0.05) is 12.0 Å². The predicted octanol–water partition coefficient (Wildman–Crippen LogP) is 2.74. The molecule has 1 fully saturated rings. The summed E-state index contributed by atoms with van der Waals surface area (Å²) in [6.45, 7) is 6.71. The third kappa shape index (κ3) is 4.15. The highest BCUT2D eigenvalue weighted by atomic mass is 19.1. The number of hydrogen-bond donors (Lipinski definition) is 1. The molecule has 0 bridgehead atoms. The van der Waals surface area contributed by atoms with Crippen molar-refractivity contribution < 1.29 is 14.1 Å². The molecule has 32 heavy (non-hydrogen) atoms. The molecular weight excluding hydrogens is 403 g/mol. The van der Waals surface area contributed by atoms with Gasteiger partial charge >= 0.3 is 0 Å². The van der Waals surface area contributed by atoms with Crippen molar-refractivity contribution in [2.45, 2.75) is 32.2 Å². The van der Waals surface area contributed by atoms with Crippen LogP contribution in [0, 0.1) is 12.7 Å². The van der Waals surface area contributed by atoms with E-state index in [-0.39, 0.29) is 17.5 Å². The van der Waals surface area contributed by atoms with Gasteiger partial charge in [0.2, 0.25) is 5.95 Å².